The van der Waals surface area contributed by atoms with Gasteiger partial charge in [0.1, 0.15) is 0 Å². The topological polar surface area (TPSA) is 0 Å². The van der Waals surface area contributed by atoms with Gasteiger partial charge in [-0.25, -0.2) is 0 Å². The van der Waals surface area contributed by atoms with Crippen LogP contribution in [0.4, 0.5) is 0 Å². The van der Waals surface area contributed by atoms with Crippen LogP contribution in [-0.4, -0.2) is 0 Å². The van der Waals surface area contributed by atoms with Crippen molar-refractivity contribution in [1.29, 1.82) is 0 Å². The van der Waals surface area contributed by atoms with Gasteiger partial charge in [0.05, 0.1) is 0 Å². The molecule has 10 heavy (non-hydrogen) atoms. The molecule has 1 spiro atoms. The van der Waals surface area contributed by atoms with Crippen LogP contribution < -0.4 is 0 Å². The van der Waals surface area contributed by atoms with Crippen molar-refractivity contribution in [2.24, 2.45) is 17.3 Å². The Morgan fingerprint density at radius 2 is 2.10 bits per heavy atom. The summed E-state index contributed by atoms with van der Waals surface area (Å²) < 4.78 is 0. The lowest BCUT2D eigenvalue weighted by atomic mass is 9.78. The smallest absolute Gasteiger partial charge is 0.0266 e. The molecule has 0 aromatic carbocycles. The van der Waals surface area contributed by atoms with Crippen LogP contribution in [0.5, 0.6) is 0 Å². The quantitative estimate of drug-likeness (QED) is 0.549. The molecule has 2 aliphatic rings. The fourth-order valence-electron chi connectivity index (χ4n) is 2.58. The van der Waals surface area contributed by atoms with Crippen molar-refractivity contribution in [2.45, 2.75) is 46.0 Å². The molecule has 0 heteroatoms. The normalized spacial score (nSPS) is 34.5. The zero-order valence-corrected chi connectivity index (χ0v) is 7.19. The van der Waals surface area contributed by atoms with E-state index >= 15 is 0 Å². The first-order chi connectivity index (χ1) is 4.73. The number of rotatable bonds is 2. The standard InChI is InChI=1S/C10H18/c1-8(2)6-9-7-10(9)4-3-5-10/h8-9H,3-7H2,1-2H3. The van der Waals surface area contributed by atoms with Gasteiger partial charge in [-0.1, -0.05) is 20.3 Å². The van der Waals surface area contributed by atoms with E-state index < -0.39 is 0 Å². The van der Waals surface area contributed by atoms with Crippen molar-refractivity contribution in [3.05, 3.63) is 0 Å². The number of hydrogen-bond acceptors (Lipinski definition) is 0. The van der Waals surface area contributed by atoms with E-state index in [0.29, 0.717) is 0 Å². The van der Waals surface area contributed by atoms with Gasteiger partial charge in [-0.15, -0.1) is 0 Å². The van der Waals surface area contributed by atoms with Crippen molar-refractivity contribution in [1.82, 2.24) is 0 Å². The first-order valence-electron chi connectivity index (χ1n) is 4.73. The fourth-order valence-corrected chi connectivity index (χ4v) is 2.58. The minimum atomic E-state index is 0.921. The lowest BCUT2D eigenvalue weighted by Gasteiger charge is -2.27. The van der Waals surface area contributed by atoms with E-state index in [-0.39, 0.29) is 0 Å². The van der Waals surface area contributed by atoms with Crippen LogP contribution in [0.2, 0.25) is 0 Å². The molecule has 2 aliphatic carbocycles. The van der Waals surface area contributed by atoms with Gasteiger partial charge in [0.15, 0.2) is 0 Å². The Bertz CT molecular complexity index is 131. The molecule has 0 aliphatic heterocycles. The molecule has 2 rings (SSSR count). The molecule has 0 nitrogen and oxygen atoms in total. The summed E-state index contributed by atoms with van der Waals surface area (Å²) in [6, 6.07) is 0. The highest BCUT2D eigenvalue weighted by molar-refractivity contribution is 5.06. The minimum absolute atomic E-state index is 0.921. The summed E-state index contributed by atoms with van der Waals surface area (Å²) in [7, 11) is 0. The molecule has 0 N–H and O–H groups in total. The minimum Gasteiger partial charge on any atom is -0.0628 e. The monoisotopic (exact) mass is 138 g/mol. The lowest BCUT2D eigenvalue weighted by molar-refractivity contribution is 0.246. The zero-order chi connectivity index (χ0) is 7.19. The Kier molecular flexibility index (Phi) is 1.33. The second-order valence-corrected chi connectivity index (χ2v) is 4.75. The molecular weight excluding hydrogens is 120 g/mol. The maximum atomic E-state index is 2.35. The SMILES string of the molecule is CC(C)CC1CC12CCC2. The van der Waals surface area contributed by atoms with Gasteiger partial charge in [-0.05, 0) is 42.9 Å². The van der Waals surface area contributed by atoms with E-state index in [1.54, 1.807) is 19.3 Å². The molecule has 0 saturated heterocycles. The van der Waals surface area contributed by atoms with Crippen molar-refractivity contribution in [3.63, 3.8) is 0 Å². The van der Waals surface area contributed by atoms with Crippen LogP contribution in [0.15, 0.2) is 0 Å². The molecule has 0 aromatic rings. The zero-order valence-electron chi connectivity index (χ0n) is 7.19. The van der Waals surface area contributed by atoms with Gasteiger partial charge in [0.25, 0.3) is 0 Å². The molecule has 0 radical (unpaired) electrons. The summed E-state index contributed by atoms with van der Waals surface area (Å²) in [6.45, 7) is 4.70. The highest BCUT2D eigenvalue weighted by Crippen LogP contribution is 2.67. The summed E-state index contributed by atoms with van der Waals surface area (Å²) in [5.74, 6) is 2.08. The van der Waals surface area contributed by atoms with Crippen molar-refractivity contribution < 1.29 is 0 Å². The molecule has 1 atom stereocenters. The van der Waals surface area contributed by atoms with Gasteiger partial charge >= 0.3 is 0 Å². The van der Waals surface area contributed by atoms with Crippen molar-refractivity contribution in [3.8, 4) is 0 Å². The molecular formula is C10H18. The average Bonchev–Trinajstić information content (AvgIpc) is 2.37. The molecule has 0 heterocycles. The number of hydrogen-bond donors (Lipinski definition) is 0. The molecule has 58 valence electrons. The fraction of sp³-hybridized carbons (Fsp3) is 1.00. The summed E-state index contributed by atoms with van der Waals surface area (Å²) in [5.41, 5.74) is 0.921. The third-order valence-corrected chi connectivity index (χ3v) is 3.46. The third-order valence-electron chi connectivity index (χ3n) is 3.46. The van der Waals surface area contributed by atoms with Gasteiger partial charge in [-0.2, -0.15) is 0 Å². The Labute approximate surface area is 64.0 Å². The van der Waals surface area contributed by atoms with Crippen LogP contribution in [-0.2, 0) is 0 Å². The van der Waals surface area contributed by atoms with E-state index in [1.807, 2.05) is 0 Å². The van der Waals surface area contributed by atoms with E-state index in [1.165, 1.54) is 12.8 Å². The highest BCUT2D eigenvalue weighted by atomic mass is 14.6. The molecule has 0 bridgehead atoms. The Morgan fingerprint density at radius 3 is 2.40 bits per heavy atom. The van der Waals surface area contributed by atoms with Gasteiger partial charge < -0.3 is 0 Å². The predicted molar refractivity (Wildman–Crippen MR) is 43.8 cm³/mol. The van der Waals surface area contributed by atoms with Gasteiger partial charge in [-0.3, -0.25) is 0 Å². The first kappa shape index (κ1) is 6.69. The second-order valence-electron chi connectivity index (χ2n) is 4.75. The van der Waals surface area contributed by atoms with Crippen molar-refractivity contribution >= 4 is 0 Å². The Hall–Kier alpha value is 0. The molecule has 0 amide bonds. The maximum Gasteiger partial charge on any atom is -0.0266 e. The van der Waals surface area contributed by atoms with E-state index in [9.17, 15) is 0 Å². The predicted octanol–water partition coefficient (Wildman–Crippen LogP) is 3.22. The summed E-state index contributed by atoms with van der Waals surface area (Å²) in [5, 5.41) is 0. The lowest BCUT2D eigenvalue weighted by Crippen LogP contribution is -2.15. The Balaban J connectivity index is 1.79. The van der Waals surface area contributed by atoms with E-state index in [2.05, 4.69) is 13.8 Å². The molecule has 2 fully saturated rings. The second kappa shape index (κ2) is 1.99. The van der Waals surface area contributed by atoms with Crippen LogP contribution in [0.1, 0.15) is 46.0 Å². The molecule has 0 aromatic heterocycles. The highest BCUT2D eigenvalue weighted by Gasteiger charge is 2.56. The van der Waals surface area contributed by atoms with Crippen LogP contribution in [0.3, 0.4) is 0 Å². The van der Waals surface area contributed by atoms with Crippen LogP contribution in [0.25, 0.3) is 0 Å². The molecule has 1 unspecified atom stereocenters. The van der Waals surface area contributed by atoms with Crippen LogP contribution in [0, 0.1) is 17.3 Å². The summed E-state index contributed by atoms with van der Waals surface area (Å²) in [6.07, 6.45) is 7.72. The average molecular weight is 138 g/mol. The third kappa shape index (κ3) is 0.889. The van der Waals surface area contributed by atoms with E-state index in [0.717, 1.165) is 17.3 Å². The van der Waals surface area contributed by atoms with Crippen LogP contribution >= 0.6 is 0 Å². The largest absolute Gasteiger partial charge is 0.0628 e. The van der Waals surface area contributed by atoms with Gasteiger partial charge in [0, 0.05) is 0 Å². The molecule has 2 saturated carbocycles. The van der Waals surface area contributed by atoms with Crippen molar-refractivity contribution in [2.75, 3.05) is 0 Å². The van der Waals surface area contributed by atoms with E-state index in [4.69, 9.17) is 0 Å². The summed E-state index contributed by atoms with van der Waals surface area (Å²) in [4.78, 5) is 0. The summed E-state index contributed by atoms with van der Waals surface area (Å²) >= 11 is 0. The maximum absolute atomic E-state index is 2.35. The first-order valence-corrected chi connectivity index (χ1v) is 4.73. The Morgan fingerprint density at radius 1 is 1.40 bits per heavy atom. The van der Waals surface area contributed by atoms with Gasteiger partial charge in [0.2, 0.25) is 0 Å².